The molecule has 0 aromatic heterocycles. The van der Waals surface area contributed by atoms with Crippen LogP contribution in [0.5, 0.6) is 0 Å². The summed E-state index contributed by atoms with van der Waals surface area (Å²) in [7, 11) is 0. The maximum absolute atomic E-state index is 11.9. The number of amides is 1. The summed E-state index contributed by atoms with van der Waals surface area (Å²) in [5.41, 5.74) is 1.66. The lowest BCUT2D eigenvalue weighted by Crippen LogP contribution is -2.46. The summed E-state index contributed by atoms with van der Waals surface area (Å²) < 4.78 is 0.896. The monoisotopic (exact) mass is 311 g/mol. The highest BCUT2D eigenvalue weighted by Gasteiger charge is 2.35. The van der Waals surface area contributed by atoms with Crippen molar-refractivity contribution in [2.75, 3.05) is 0 Å². The predicted molar refractivity (Wildman–Crippen MR) is 70.5 cm³/mol. The fourth-order valence-electron chi connectivity index (χ4n) is 1.94. The molecule has 0 unspecified atom stereocenters. The summed E-state index contributed by atoms with van der Waals surface area (Å²) in [6.45, 7) is 1.95. The smallest absolute Gasteiger partial charge is 0.306 e. The van der Waals surface area contributed by atoms with Crippen LogP contribution in [0.25, 0.3) is 0 Å². The number of rotatable bonds is 3. The second-order valence-corrected chi connectivity index (χ2v) is 5.50. The van der Waals surface area contributed by atoms with Gasteiger partial charge in [-0.25, -0.2) is 0 Å². The van der Waals surface area contributed by atoms with Gasteiger partial charge in [0.1, 0.15) is 0 Å². The van der Waals surface area contributed by atoms with E-state index in [-0.39, 0.29) is 17.9 Å². The normalized spacial score (nSPS) is 22.1. The molecule has 2 N–H and O–H groups in total. The number of carboxylic acids is 1. The molecule has 1 saturated carbocycles. The molecule has 1 aromatic carbocycles. The molecule has 1 aliphatic carbocycles. The maximum atomic E-state index is 11.9. The number of carbonyl (C=O) groups is 2. The Kier molecular flexibility index (Phi) is 3.71. The molecule has 4 nitrogen and oxygen atoms in total. The molecule has 5 heteroatoms. The van der Waals surface area contributed by atoms with Crippen LogP contribution >= 0.6 is 15.9 Å². The highest BCUT2D eigenvalue weighted by molar-refractivity contribution is 9.10. The first kappa shape index (κ1) is 13.1. The number of carbonyl (C=O) groups excluding carboxylic acids is 1. The summed E-state index contributed by atoms with van der Waals surface area (Å²) in [5, 5.41) is 11.6. The van der Waals surface area contributed by atoms with E-state index in [2.05, 4.69) is 21.2 Å². The quantitative estimate of drug-likeness (QED) is 0.900. The third-order valence-corrected chi connectivity index (χ3v) is 4.11. The van der Waals surface area contributed by atoms with Crippen molar-refractivity contribution in [1.29, 1.82) is 0 Å². The number of carboxylic acid groups (broad SMARTS) is 1. The van der Waals surface area contributed by atoms with E-state index < -0.39 is 5.97 Å². The van der Waals surface area contributed by atoms with Gasteiger partial charge in [-0.05, 0) is 37.5 Å². The Morgan fingerprint density at radius 3 is 2.61 bits per heavy atom. The third kappa shape index (κ3) is 2.72. The van der Waals surface area contributed by atoms with Crippen molar-refractivity contribution in [2.24, 2.45) is 5.92 Å². The molecule has 0 aliphatic heterocycles. The Bertz CT molecular complexity index is 495. The molecule has 2 rings (SSSR count). The summed E-state index contributed by atoms with van der Waals surface area (Å²) >= 11 is 3.38. The number of hydrogen-bond acceptors (Lipinski definition) is 2. The van der Waals surface area contributed by atoms with Crippen molar-refractivity contribution in [3.05, 3.63) is 33.8 Å². The van der Waals surface area contributed by atoms with Crippen molar-refractivity contribution in [1.82, 2.24) is 5.32 Å². The van der Waals surface area contributed by atoms with Gasteiger partial charge in [-0.2, -0.15) is 0 Å². The van der Waals surface area contributed by atoms with Gasteiger partial charge in [-0.15, -0.1) is 0 Å². The molecule has 1 aromatic rings. The van der Waals surface area contributed by atoms with Gasteiger partial charge in [0.25, 0.3) is 5.91 Å². The molecule has 0 radical (unpaired) electrons. The van der Waals surface area contributed by atoms with Crippen molar-refractivity contribution in [3.63, 3.8) is 0 Å². The molecule has 96 valence electrons. The van der Waals surface area contributed by atoms with Crippen LogP contribution < -0.4 is 5.32 Å². The Balaban J connectivity index is 1.93. The van der Waals surface area contributed by atoms with Gasteiger partial charge in [-0.1, -0.05) is 22.0 Å². The molecule has 0 atom stereocenters. The lowest BCUT2D eigenvalue weighted by molar-refractivity contribution is -0.145. The number of halogens is 1. The zero-order valence-corrected chi connectivity index (χ0v) is 11.5. The van der Waals surface area contributed by atoms with Crippen LogP contribution in [0.2, 0.25) is 0 Å². The van der Waals surface area contributed by atoms with Crippen LogP contribution in [0, 0.1) is 12.8 Å². The first-order chi connectivity index (χ1) is 8.47. The Labute approximate surface area is 114 Å². The van der Waals surface area contributed by atoms with Crippen LogP contribution in [-0.4, -0.2) is 23.0 Å². The number of benzene rings is 1. The SMILES string of the molecule is Cc1ccc(C(=O)NC2CC(C(=O)O)C2)cc1Br. The highest BCUT2D eigenvalue weighted by Crippen LogP contribution is 2.27. The van der Waals surface area contributed by atoms with Crippen molar-refractivity contribution >= 4 is 27.8 Å². The first-order valence-electron chi connectivity index (χ1n) is 5.77. The minimum Gasteiger partial charge on any atom is -0.481 e. The highest BCUT2D eigenvalue weighted by atomic mass is 79.9. The van der Waals surface area contributed by atoms with Gasteiger partial charge < -0.3 is 10.4 Å². The largest absolute Gasteiger partial charge is 0.481 e. The van der Waals surface area contributed by atoms with Gasteiger partial charge in [0.15, 0.2) is 0 Å². The molecule has 18 heavy (non-hydrogen) atoms. The van der Waals surface area contributed by atoms with Crippen LogP contribution in [0.1, 0.15) is 28.8 Å². The van der Waals surface area contributed by atoms with Gasteiger partial charge in [0, 0.05) is 16.1 Å². The molecule has 0 saturated heterocycles. The predicted octanol–water partition coefficient (Wildman–Crippen LogP) is 2.35. The van der Waals surface area contributed by atoms with E-state index in [1.807, 2.05) is 13.0 Å². The van der Waals surface area contributed by atoms with Crippen LogP contribution in [0.15, 0.2) is 22.7 Å². The molecule has 0 heterocycles. The van der Waals surface area contributed by atoms with E-state index in [0.717, 1.165) is 10.0 Å². The lowest BCUT2D eigenvalue weighted by atomic mass is 9.80. The Morgan fingerprint density at radius 2 is 2.06 bits per heavy atom. The van der Waals surface area contributed by atoms with Crippen LogP contribution in [0.4, 0.5) is 0 Å². The average molecular weight is 312 g/mol. The fourth-order valence-corrected chi connectivity index (χ4v) is 2.32. The molecular weight excluding hydrogens is 298 g/mol. The Morgan fingerprint density at radius 1 is 1.39 bits per heavy atom. The molecule has 0 spiro atoms. The zero-order valence-electron chi connectivity index (χ0n) is 9.94. The number of aryl methyl sites for hydroxylation is 1. The van der Waals surface area contributed by atoms with Crippen molar-refractivity contribution in [2.45, 2.75) is 25.8 Å². The number of aliphatic carboxylic acids is 1. The summed E-state index contributed by atoms with van der Waals surface area (Å²) in [4.78, 5) is 22.6. The third-order valence-electron chi connectivity index (χ3n) is 3.26. The average Bonchev–Trinajstić information content (AvgIpc) is 2.25. The van der Waals surface area contributed by atoms with E-state index in [1.54, 1.807) is 12.1 Å². The first-order valence-corrected chi connectivity index (χ1v) is 6.56. The molecule has 1 amide bonds. The maximum Gasteiger partial charge on any atom is 0.306 e. The second kappa shape index (κ2) is 5.10. The van der Waals surface area contributed by atoms with E-state index >= 15 is 0 Å². The molecular formula is C13H14BrNO3. The number of hydrogen-bond donors (Lipinski definition) is 2. The summed E-state index contributed by atoms with van der Waals surface area (Å²) in [6, 6.07) is 5.40. The topological polar surface area (TPSA) is 66.4 Å². The van der Waals surface area contributed by atoms with E-state index in [4.69, 9.17) is 5.11 Å². The number of nitrogens with one attached hydrogen (secondary N) is 1. The van der Waals surface area contributed by atoms with E-state index in [0.29, 0.717) is 18.4 Å². The Hall–Kier alpha value is -1.36. The van der Waals surface area contributed by atoms with Crippen LogP contribution in [0.3, 0.4) is 0 Å². The van der Waals surface area contributed by atoms with Crippen LogP contribution in [-0.2, 0) is 4.79 Å². The van der Waals surface area contributed by atoms with Gasteiger partial charge in [-0.3, -0.25) is 9.59 Å². The van der Waals surface area contributed by atoms with E-state index in [9.17, 15) is 9.59 Å². The van der Waals surface area contributed by atoms with Gasteiger partial charge in [0.2, 0.25) is 0 Å². The minimum absolute atomic E-state index is 0.0151. The van der Waals surface area contributed by atoms with Crippen molar-refractivity contribution < 1.29 is 14.7 Å². The minimum atomic E-state index is -0.779. The standard InChI is InChI=1S/C13H14BrNO3/c1-7-2-3-8(6-11(7)14)12(16)15-10-4-9(5-10)13(17)18/h2-3,6,9-10H,4-5H2,1H3,(H,15,16)(H,17,18). The van der Waals surface area contributed by atoms with Gasteiger partial charge in [0.05, 0.1) is 5.92 Å². The van der Waals surface area contributed by atoms with Gasteiger partial charge >= 0.3 is 5.97 Å². The summed E-state index contributed by atoms with van der Waals surface area (Å²) in [6.07, 6.45) is 1.04. The van der Waals surface area contributed by atoms with E-state index in [1.165, 1.54) is 0 Å². The lowest BCUT2D eigenvalue weighted by Gasteiger charge is -2.32. The zero-order chi connectivity index (χ0) is 13.3. The molecule has 1 aliphatic rings. The molecule has 1 fully saturated rings. The van der Waals surface area contributed by atoms with Crippen molar-refractivity contribution in [3.8, 4) is 0 Å². The second-order valence-electron chi connectivity index (χ2n) is 4.64. The fraction of sp³-hybridized carbons (Fsp3) is 0.385. The molecule has 0 bridgehead atoms. The summed E-state index contributed by atoms with van der Waals surface area (Å²) in [5.74, 6) is -1.23.